The molecule has 1 amide bonds. The van der Waals surface area contributed by atoms with Crippen molar-refractivity contribution < 1.29 is 4.79 Å². The Labute approximate surface area is 136 Å². The number of carbonyl (C=O) groups excluding carboxylic acids is 1. The lowest BCUT2D eigenvalue weighted by molar-refractivity contribution is -0.119. The predicted octanol–water partition coefficient (Wildman–Crippen LogP) is 4.41. The van der Waals surface area contributed by atoms with Crippen LogP contribution in [0.15, 0.2) is 58.1 Å². The Balaban J connectivity index is 1.92. The third kappa shape index (κ3) is 2.87. The number of hydrazone groups is 1. The molecule has 0 radical (unpaired) electrons. The molecule has 0 spiro atoms. The largest absolute Gasteiger partial charge is 0.277 e. The lowest BCUT2D eigenvalue weighted by Crippen LogP contribution is -2.17. The van der Waals surface area contributed by atoms with Crippen molar-refractivity contribution in [1.29, 1.82) is 0 Å². The van der Waals surface area contributed by atoms with Crippen LogP contribution >= 0.6 is 27.5 Å². The van der Waals surface area contributed by atoms with E-state index in [1.54, 1.807) is 0 Å². The zero-order valence-corrected chi connectivity index (χ0v) is 13.4. The second-order valence-electron chi connectivity index (χ2n) is 4.78. The number of rotatable bonds is 3. The van der Waals surface area contributed by atoms with E-state index in [1.165, 1.54) is 5.01 Å². The number of halogens is 2. The van der Waals surface area contributed by atoms with Crippen molar-refractivity contribution in [3.8, 4) is 0 Å². The standard InChI is InChI=1S/C16H12BrClN2O/c17-12-7-5-11(6-8-12)15-9-16(20(10-21)19-15)13-3-1-2-4-14(13)18/h1-8,10,16H,9H2. The molecule has 0 aliphatic carbocycles. The maximum Gasteiger partial charge on any atom is 0.230 e. The maximum absolute atomic E-state index is 11.3. The highest BCUT2D eigenvalue weighted by molar-refractivity contribution is 9.10. The van der Waals surface area contributed by atoms with E-state index in [9.17, 15) is 4.79 Å². The molecule has 1 aliphatic heterocycles. The number of benzene rings is 2. The highest BCUT2D eigenvalue weighted by Gasteiger charge is 2.29. The Bertz CT molecular complexity index is 700. The number of carbonyl (C=O) groups is 1. The number of hydrogen-bond donors (Lipinski definition) is 0. The van der Waals surface area contributed by atoms with Crippen molar-refractivity contribution in [2.24, 2.45) is 5.10 Å². The molecular weight excluding hydrogens is 352 g/mol. The van der Waals surface area contributed by atoms with Gasteiger partial charge in [-0.15, -0.1) is 0 Å². The molecule has 3 nitrogen and oxygen atoms in total. The van der Waals surface area contributed by atoms with E-state index in [0.717, 1.165) is 27.7 Å². The molecule has 0 bridgehead atoms. The first-order valence-corrected chi connectivity index (χ1v) is 7.67. The van der Waals surface area contributed by atoms with Crippen LogP contribution in [0.3, 0.4) is 0 Å². The van der Waals surface area contributed by atoms with E-state index in [-0.39, 0.29) is 6.04 Å². The van der Waals surface area contributed by atoms with Crippen LogP contribution in [0.1, 0.15) is 23.6 Å². The molecule has 0 N–H and O–H groups in total. The van der Waals surface area contributed by atoms with Gasteiger partial charge in [0.2, 0.25) is 6.41 Å². The fourth-order valence-corrected chi connectivity index (χ4v) is 2.97. The van der Waals surface area contributed by atoms with E-state index in [4.69, 9.17) is 11.6 Å². The van der Waals surface area contributed by atoms with Crippen molar-refractivity contribution in [2.45, 2.75) is 12.5 Å². The molecule has 1 heterocycles. The van der Waals surface area contributed by atoms with Crippen LogP contribution in [0, 0.1) is 0 Å². The number of nitrogens with zero attached hydrogens (tertiary/aromatic N) is 2. The summed E-state index contributed by atoms with van der Waals surface area (Å²) in [5, 5.41) is 6.51. The lowest BCUT2D eigenvalue weighted by atomic mass is 9.98. The summed E-state index contributed by atoms with van der Waals surface area (Å²) in [6, 6.07) is 15.3. The smallest absolute Gasteiger partial charge is 0.230 e. The van der Waals surface area contributed by atoms with E-state index >= 15 is 0 Å². The van der Waals surface area contributed by atoms with Crippen LogP contribution < -0.4 is 0 Å². The summed E-state index contributed by atoms with van der Waals surface area (Å²) in [6.45, 7) is 0. The molecule has 2 aromatic carbocycles. The van der Waals surface area contributed by atoms with Gasteiger partial charge in [0.1, 0.15) is 0 Å². The molecule has 1 aliphatic rings. The maximum atomic E-state index is 11.3. The SMILES string of the molecule is O=CN1N=C(c2ccc(Br)cc2)CC1c1ccccc1Cl. The van der Waals surface area contributed by atoms with Gasteiger partial charge >= 0.3 is 0 Å². The third-order valence-electron chi connectivity index (χ3n) is 3.49. The Hall–Kier alpha value is -1.65. The van der Waals surface area contributed by atoms with Crippen molar-refractivity contribution in [2.75, 3.05) is 0 Å². The first kappa shape index (κ1) is 14.3. The normalized spacial score (nSPS) is 17.7. The first-order valence-electron chi connectivity index (χ1n) is 6.50. The molecule has 0 saturated heterocycles. The van der Waals surface area contributed by atoms with Gasteiger partial charge in [0.25, 0.3) is 0 Å². The van der Waals surface area contributed by atoms with Crippen molar-refractivity contribution >= 4 is 39.7 Å². The average molecular weight is 364 g/mol. The van der Waals surface area contributed by atoms with E-state index in [0.29, 0.717) is 11.4 Å². The Morgan fingerprint density at radius 3 is 2.57 bits per heavy atom. The van der Waals surface area contributed by atoms with Gasteiger partial charge in [0.05, 0.1) is 11.8 Å². The fourth-order valence-electron chi connectivity index (χ4n) is 2.44. The van der Waals surface area contributed by atoms with Crippen molar-refractivity contribution in [1.82, 2.24) is 5.01 Å². The second-order valence-corrected chi connectivity index (χ2v) is 6.10. The quantitative estimate of drug-likeness (QED) is 0.743. The van der Waals surface area contributed by atoms with E-state index < -0.39 is 0 Å². The summed E-state index contributed by atoms with van der Waals surface area (Å²) in [6.07, 6.45) is 1.41. The molecular formula is C16H12BrClN2O. The van der Waals surface area contributed by atoms with Gasteiger partial charge in [-0.1, -0.05) is 57.9 Å². The Morgan fingerprint density at radius 2 is 1.90 bits per heavy atom. The summed E-state index contributed by atoms with van der Waals surface area (Å²) in [7, 11) is 0. The Kier molecular flexibility index (Phi) is 4.08. The summed E-state index contributed by atoms with van der Waals surface area (Å²) in [4.78, 5) is 11.3. The molecule has 1 unspecified atom stereocenters. The summed E-state index contributed by atoms with van der Waals surface area (Å²) < 4.78 is 1.01. The lowest BCUT2D eigenvalue weighted by Gasteiger charge is -2.18. The van der Waals surface area contributed by atoms with Crippen LogP contribution in [0.5, 0.6) is 0 Å². The minimum atomic E-state index is -0.144. The van der Waals surface area contributed by atoms with Crippen LogP contribution in [0.2, 0.25) is 5.02 Å². The van der Waals surface area contributed by atoms with Crippen molar-refractivity contribution in [3.63, 3.8) is 0 Å². The monoisotopic (exact) mass is 362 g/mol. The second kappa shape index (κ2) is 6.00. The van der Waals surface area contributed by atoms with E-state index in [1.807, 2.05) is 48.5 Å². The third-order valence-corrected chi connectivity index (χ3v) is 4.36. The Morgan fingerprint density at radius 1 is 1.19 bits per heavy atom. The molecule has 0 saturated carbocycles. The first-order chi connectivity index (χ1) is 10.2. The topological polar surface area (TPSA) is 32.7 Å². The summed E-state index contributed by atoms with van der Waals surface area (Å²) >= 11 is 9.66. The van der Waals surface area contributed by atoms with Crippen LogP contribution in [0.4, 0.5) is 0 Å². The van der Waals surface area contributed by atoms with E-state index in [2.05, 4.69) is 21.0 Å². The van der Waals surface area contributed by atoms with Crippen LogP contribution in [-0.4, -0.2) is 17.1 Å². The summed E-state index contributed by atoms with van der Waals surface area (Å²) in [5.41, 5.74) is 2.82. The van der Waals surface area contributed by atoms with Crippen molar-refractivity contribution in [3.05, 3.63) is 69.2 Å². The zero-order chi connectivity index (χ0) is 14.8. The zero-order valence-electron chi connectivity index (χ0n) is 11.0. The average Bonchev–Trinajstić information content (AvgIpc) is 2.92. The predicted molar refractivity (Wildman–Crippen MR) is 87.4 cm³/mol. The van der Waals surface area contributed by atoms with Gasteiger partial charge in [-0.05, 0) is 29.3 Å². The van der Waals surface area contributed by atoms with Gasteiger partial charge in [-0.2, -0.15) is 5.10 Å². The summed E-state index contributed by atoms with van der Waals surface area (Å²) in [5.74, 6) is 0. The van der Waals surface area contributed by atoms with Crippen LogP contribution in [0.25, 0.3) is 0 Å². The van der Waals surface area contributed by atoms with Gasteiger partial charge in [0.15, 0.2) is 0 Å². The molecule has 1 atom stereocenters. The number of amides is 1. The highest BCUT2D eigenvalue weighted by atomic mass is 79.9. The molecule has 5 heteroatoms. The van der Waals surface area contributed by atoms with Gasteiger partial charge in [-0.3, -0.25) is 4.79 Å². The molecule has 3 rings (SSSR count). The van der Waals surface area contributed by atoms with Gasteiger partial charge in [0, 0.05) is 15.9 Å². The highest BCUT2D eigenvalue weighted by Crippen LogP contribution is 2.35. The molecule has 0 aromatic heterocycles. The fraction of sp³-hybridized carbons (Fsp3) is 0.125. The molecule has 0 fully saturated rings. The number of hydrogen-bond acceptors (Lipinski definition) is 2. The van der Waals surface area contributed by atoms with Gasteiger partial charge in [-0.25, -0.2) is 5.01 Å². The molecule has 21 heavy (non-hydrogen) atoms. The molecule has 2 aromatic rings. The minimum absolute atomic E-state index is 0.144. The van der Waals surface area contributed by atoms with Crippen LogP contribution in [-0.2, 0) is 4.79 Å². The minimum Gasteiger partial charge on any atom is -0.277 e. The van der Waals surface area contributed by atoms with Gasteiger partial charge < -0.3 is 0 Å². The molecule has 106 valence electrons.